The number of hydrogen-bond acceptors (Lipinski definition) is 6. The molecule has 0 atom stereocenters. The molecule has 0 aliphatic carbocycles. The number of hydrogen-bond donors (Lipinski definition) is 1. The molecule has 6 nitrogen and oxygen atoms in total. The number of ether oxygens (including phenoxy) is 2. The van der Waals surface area contributed by atoms with Gasteiger partial charge in [0, 0.05) is 10.6 Å². The first-order valence-electron chi connectivity index (χ1n) is 10.5. The number of aryl methyl sites for hydroxylation is 1. The molecular formula is C26H20ClNO5S2. The molecule has 0 saturated carbocycles. The molecule has 9 heteroatoms. The van der Waals surface area contributed by atoms with E-state index in [9.17, 15) is 14.7 Å². The van der Waals surface area contributed by atoms with Crippen molar-refractivity contribution in [2.75, 3.05) is 18.1 Å². The van der Waals surface area contributed by atoms with E-state index in [-0.39, 0.29) is 11.5 Å². The van der Waals surface area contributed by atoms with E-state index in [1.807, 2.05) is 31.2 Å². The van der Waals surface area contributed by atoms with Gasteiger partial charge >= 0.3 is 5.97 Å². The first kappa shape index (κ1) is 24.8. The van der Waals surface area contributed by atoms with Gasteiger partial charge in [-0.05, 0) is 67.1 Å². The van der Waals surface area contributed by atoms with Gasteiger partial charge in [-0.25, -0.2) is 4.79 Å². The molecule has 1 amide bonds. The molecule has 3 aromatic rings. The minimum Gasteiger partial charge on any atom is -0.490 e. The Morgan fingerprint density at radius 2 is 1.86 bits per heavy atom. The highest BCUT2D eigenvalue weighted by molar-refractivity contribution is 8.27. The zero-order valence-corrected chi connectivity index (χ0v) is 21.0. The van der Waals surface area contributed by atoms with E-state index in [1.165, 1.54) is 17.0 Å². The maximum atomic E-state index is 13.2. The predicted molar refractivity (Wildman–Crippen MR) is 143 cm³/mol. The van der Waals surface area contributed by atoms with Crippen LogP contribution in [-0.4, -0.2) is 34.5 Å². The lowest BCUT2D eigenvalue weighted by atomic mass is 10.1. The largest absolute Gasteiger partial charge is 0.490 e. The molecule has 1 fully saturated rings. The summed E-state index contributed by atoms with van der Waals surface area (Å²) in [6.07, 6.45) is 1.67. The molecule has 0 bridgehead atoms. The second kappa shape index (κ2) is 10.9. The average Bonchev–Trinajstić information content (AvgIpc) is 3.10. The van der Waals surface area contributed by atoms with Crippen molar-refractivity contribution in [3.8, 4) is 11.5 Å². The van der Waals surface area contributed by atoms with E-state index in [4.69, 9.17) is 33.3 Å². The topological polar surface area (TPSA) is 76.1 Å². The molecule has 0 radical (unpaired) electrons. The van der Waals surface area contributed by atoms with Crippen LogP contribution in [0.15, 0.2) is 71.6 Å². The Balaban J connectivity index is 1.50. The molecule has 0 spiro atoms. The van der Waals surface area contributed by atoms with Crippen LogP contribution in [0.3, 0.4) is 0 Å². The number of amides is 1. The Morgan fingerprint density at radius 1 is 1.09 bits per heavy atom. The van der Waals surface area contributed by atoms with Crippen LogP contribution in [0.5, 0.6) is 11.5 Å². The van der Waals surface area contributed by atoms with Crippen LogP contribution in [0, 0.1) is 6.92 Å². The number of carboxylic acids is 1. The third-order valence-electron chi connectivity index (χ3n) is 5.00. The predicted octanol–water partition coefficient (Wildman–Crippen LogP) is 6.21. The van der Waals surface area contributed by atoms with Gasteiger partial charge in [0.05, 0.1) is 16.2 Å². The number of benzene rings is 3. The fraction of sp³-hybridized carbons (Fsp3) is 0.115. The molecule has 178 valence electrons. The van der Waals surface area contributed by atoms with Gasteiger partial charge in [-0.1, -0.05) is 53.8 Å². The summed E-state index contributed by atoms with van der Waals surface area (Å²) >= 11 is 12.7. The molecule has 3 aromatic carbocycles. The molecular weight excluding hydrogens is 506 g/mol. The Kier molecular flexibility index (Phi) is 7.75. The summed E-state index contributed by atoms with van der Waals surface area (Å²) < 4.78 is 12.0. The summed E-state index contributed by atoms with van der Waals surface area (Å²) in [6.45, 7) is 2.63. The number of thiocarbonyl (C=S) groups is 1. The smallest absolute Gasteiger partial charge is 0.335 e. The summed E-state index contributed by atoms with van der Waals surface area (Å²) in [6, 6.07) is 19.0. The summed E-state index contributed by atoms with van der Waals surface area (Å²) in [5, 5.41) is 9.75. The third kappa shape index (κ3) is 6.03. The van der Waals surface area contributed by atoms with Crippen LogP contribution in [0.2, 0.25) is 5.02 Å². The number of carbonyl (C=O) groups excluding carboxylic acids is 1. The summed E-state index contributed by atoms with van der Waals surface area (Å²) in [5.41, 5.74) is 2.19. The third-order valence-corrected chi connectivity index (χ3v) is 6.54. The number of carboxylic acid groups (broad SMARTS) is 1. The normalized spacial score (nSPS) is 14.5. The maximum absolute atomic E-state index is 13.2. The SMILES string of the molecule is Cc1cccc(OCCOc2ccc(Cl)cc2/C=C2\SC(=S)N(c3cccc(C(=O)O)c3)C2=O)c1. The van der Waals surface area contributed by atoms with Gasteiger partial charge < -0.3 is 14.6 Å². The lowest BCUT2D eigenvalue weighted by Crippen LogP contribution is -2.27. The molecule has 1 aliphatic rings. The summed E-state index contributed by atoms with van der Waals surface area (Å²) in [5.74, 6) is -0.128. The molecule has 0 aromatic heterocycles. The van der Waals surface area contributed by atoms with Crippen LogP contribution in [0.25, 0.3) is 6.08 Å². The Morgan fingerprint density at radius 3 is 2.63 bits per heavy atom. The van der Waals surface area contributed by atoms with Crippen LogP contribution < -0.4 is 14.4 Å². The van der Waals surface area contributed by atoms with E-state index in [0.29, 0.717) is 44.5 Å². The molecule has 0 unspecified atom stereocenters. The highest BCUT2D eigenvalue weighted by Gasteiger charge is 2.33. The van der Waals surface area contributed by atoms with Gasteiger partial charge in [0.2, 0.25) is 0 Å². The first-order valence-corrected chi connectivity index (χ1v) is 12.2. The summed E-state index contributed by atoms with van der Waals surface area (Å²) in [4.78, 5) is 26.2. The van der Waals surface area contributed by atoms with Gasteiger partial charge in [-0.2, -0.15) is 0 Å². The van der Waals surface area contributed by atoms with E-state index in [2.05, 4.69) is 0 Å². The van der Waals surface area contributed by atoms with Gasteiger partial charge in [-0.3, -0.25) is 9.69 Å². The standard InChI is InChI=1S/C26H20ClNO5S2/c1-16-4-2-7-21(12-16)32-10-11-33-22-9-8-19(27)13-18(22)15-23-24(29)28(26(34)35-23)20-6-3-5-17(14-20)25(30)31/h2-9,12-15H,10-11H2,1H3,(H,30,31)/b23-15-. The second-order valence-electron chi connectivity index (χ2n) is 7.57. The minimum atomic E-state index is -1.08. The Hall–Kier alpha value is -3.33. The molecule has 4 rings (SSSR count). The van der Waals surface area contributed by atoms with Gasteiger partial charge in [-0.15, -0.1) is 0 Å². The van der Waals surface area contributed by atoms with Crippen LogP contribution in [-0.2, 0) is 4.79 Å². The number of aromatic carboxylic acids is 1. The quantitative estimate of drug-likeness (QED) is 0.213. The lowest BCUT2D eigenvalue weighted by molar-refractivity contribution is -0.113. The highest BCUT2D eigenvalue weighted by atomic mass is 35.5. The van der Waals surface area contributed by atoms with Crippen molar-refractivity contribution in [2.45, 2.75) is 6.92 Å². The number of thioether (sulfide) groups is 1. The van der Waals surface area contributed by atoms with Crippen molar-refractivity contribution in [1.29, 1.82) is 0 Å². The average molecular weight is 526 g/mol. The lowest BCUT2D eigenvalue weighted by Gasteiger charge is -2.15. The fourth-order valence-electron chi connectivity index (χ4n) is 3.39. The first-order chi connectivity index (χ1) is 16.8. The zero-order chi connectivity index (χ0) is 24.9. The number of rotatable bonds is 8. The van der Waals surface area contributed by atoms with Crippen LogP contribution >= 0.6 is 35.6 Å². The fourth-order valence-corrected chi connectivity index (χ4v) is 4.86. The van der Waals surface area contributed by atoms with Crippen molar-refractivity contribution in [3.05, 3.63) is 93.3 Å². The van der Waals surface area contributed by atoms with E-state index < -0.39 is 5.97 Å². The molecule has 1 N–H and O–H groups in total. The van der Waals surface area contributed by atoms with Crippen LogP contribution in [0.1, 0.15) is 21.5 Å². The number of nitrogens with zero attached hydrogens (tertiary/aromatic N) is 1. The van der Waals surface area contributed by atoms with Crippen LogP contribution in [0.4, 0.5) is 5.69 Å². The molecule has 35 heavy (non-hydrogen) atoms. The number of carbonyl (C=O) groups is 2. The monoisotopic (exact) mass is 525 g/mol. The second-order valence-corrected chi connectivity index (χ2v) is 9.68. The van der Waals surface area contributed by atoms with Gasteiger partial charge in [0.1, 0.15) is 24.7 Å². The number of anilines is 1. The van der Waals surface area contributed by atoms with E-state index in [1.54, 1.807) is 36.4 Å². The van der Waals surface area contributed by atoms with E-state index in [0.717, 1.165) is 23.1 Å². The van der Waals surface area contributed by atoms with Crippen molar-refractivity contribution in [2.24, 2.45) is 0 Å². The van der Waals surface area contributed by atoms with Crippen molar-refractivity contribution in [3.63, 3.8) is 0 Å². The van der Waals surface area contributed by atoms with Crippen molar-refractivity contribution in [1.82, 2.24) is 0 Å². The zero-order valence-electron chi connectivity index (χ0n) is 18.6. The molecule has 1 saturated heterocycles. The minimum absolute atomic E-state index is 0.0685. The maximum Gasteiger partial charge on any atom is 0.335 e. The molecule has 1 heterocycles. The van der Waals surface area contributed by atoms with Crippen molar-refractivity contribution < 1.29 is 24.2 Å². The van der Waals surface area contributed by atoms with E-state index >= 15 is 0 Å². The molecule has 1 aliphatic heterocycles. The Labute approximate surface area is 217 Å². The van der Waals surface area contributed by atoms with Gasteiger partial charge in [0.25, 0.3) is 5.91 Å². The summed E-state index contributed by atoms with van der Waals surface area (Å²) in [7, 11) is 0. The number of halogens is 1. The Bertz CT molecular complexity index is 1340. The van der Waals surface area contributed by atoms with Crippen molar-refractivity contribution >= 4 is 63.5 Å². The highest BCUT2D eigenvalue weighted by Crippen LogP contribution is 2.38. The van der Waals surface area contributed by atoms with Gasteiger partial charge in [0.15, 0.2) is 4.32 Å².